The van der Waals surface area contributed by atoms with Gasteiger partial charge in [0.15, 0.2) is 0 Å². The quantitative estimate of drug-likeness (QED) is 0.500. The van der Waals surface area contributed by atoms with Crippen LogP contribution in [0.1, 0.15) is 44.4 Å². The summed E-state index contributed by atoms with van der Waals surface area (Å²) in [5.41, 5.74) is 3.50. The summed E-state index contributed by atoms with van der Waals surface area (Å²) in [4.78, 5) is 13.6. The average molecular weight is 466 g/mol. The lowest BCUT2D eigenvalue weighted by Crippen LogP contribution is -2.47. The fraction of sp³-hybridized carbons (Fsp3) is 0.407. The fourth-order valence-electron chi connectivity index (χ4n) is 3.97. The second-order valence-corrected chi connectivity index (χ2v) is 8.37. The predicted octanol–water partition coefficient (Wildman–Crippen LogP) is 5.19. The number of hydrogen-bond donors (Lipinski definition) is 2. The van der Waals surface area contributed by atoms with E-state index < -0.39 is 0 Å². The highest BCUT2D eigenvalue weighted by atomic mass is 19.1. The molecule has 1 aliphatic heterocycles. The minimum Gasteiger partial charge on any atom is -0.396 e. The van der Waals surface area contributed by atoms with Crippen molar-refractivity contribution in [1.82, 2.24) is 14.9 Å². The van der Waals surface area contributed by atoms with E-state index in [-0.39, 0.29) is 11.9 Å². The van der Waals surface area contributed by atoms with E-state index in [4.69, 9.17) is 5.11 Å². The van der Waals surface area contributed by atoms with E-state index >= 15 is 0 Å². The first kappa shape index (κ1) is 25.6. The van der Waals surface area contributed by atoms with E-state index in [1.165, 1.54) is 17.7 Å². The van der Waals surface area contributed by atoms with Gasteiger partial charge in [-0.3, -0.25) is 4.90 Å². The van der Waals surface area contributed by atoms with E-state index in [1.54, 1.807) is 6.33 Å². The number of aliphatic hydroxyl groups is 1. The van der Waals surface area contributed by atoms with Crippen LogP contribution in [-0.2, 0) is 6.42 Å². The molecule has 6 nitrogen and oxygen atoms in total. The molecular formula is C27H36FN5O. The molecular weight excluding hydrogens is 429 g/mol. The average Bonchev–Trinajstić information content (AvgIpc) is 2.89. The normalized spacial score (nSPS) is 14.8. The molecule has 3 aromatic rings. The molecule has 1 unspecified atom stereocenters. The number of anilines is 3. The molecule has 4 rings (SSSR count). The van der Waals surface area contributed by atoms with Gasteiger partial charge in [0.2, 0.25) is 0 Å². The van der Waals surface area contributed by atoms with Crippen LogP contribution < -0.4 is 10.2 Å². The van der Waals surface area contributed by atoms with Gasteiger partial charge in [-0.05, 0) is 49.1 Å². The van der Waals surface area contributed by atoms with Crippen molar-refractivity contribution in [1.29, 1.82) is 0 Å². The van der Waals surface area contributed by atoms with Crippen LogP contribution in [0.15, 0.2) is 60.9 Å². The first-order chi connectivity index (χ1) is 16.5. The van der Waals surface area contributed by atoms with Crippen LogP contribution >= 0.6 is 0 Å². The van der Waals surface area contributed by atoms with Gasteiger partial charge in [0.1, 0.15) is 23.8 Å². The lowest BCUT2D eigenvalue weighted by atomic mass is 10.1. The molecule has 1 aliphatic rings. The summed E-state index contributed by atoms with van der Waals surface area (Å²) in [6, 6.07) is 17.4. The number of para-hydroxylation sites is 1. The van der Waals surface area contributed by atoms with Gasteiger partial charge in [-0.2, -0.15) is 0 Å². The van der Waals surface area contributed by atoms with Crippen molar-refractivity contribution in [3.8, 4) is 0 Å². The molecule has 2 aromatic carbocycles. The highest BCUT2D eigenvalue weighted by Crippen LogP contribution is 2.25. The molecule has 0 amide bonds. The summed E-state index contributed by atoms with van der Waals surface area (Å²) in [7, 11) is 0. The Labute approximate surface area is 202 Å². The van der Waals surface area contributed by atoms with Crippen molar-refractivity contribution in [2.75, 3.05) is 43.0 Å². The summed E-state index contributed by atoms with van der Waals surface area (Å²) >= 11 is 0. The zero-order valence-corrected chi connectivity index (χ0v) is 20.4. The van der Waals surface area contributed by atoms with E-state index in [1.807, 2.05) is 31.2 Å². The maximum Gasteiger partial charge on any atom is 0.135 e. The molecule has 1 aromatic heterocycles. The smallest absolute Gasteiger partial charge is 0.135 e. The number of aliphatic hydroxyl groups excluding tert-OH is 1. The number of nitrogens with one attached hydrogen (secondary N) is 1. The Hall–Kier alpha value is -3.03. The third-order valence-electron chi connectivity index (χ3n) is 6.08. The van der Waals surface area contributed by atoms with E-state index in [2.05, 4.69) is 57.1 Å². The molecule has 0 spiro atoms. The van der Waals surface area contributed by atoms with Gasteiger partial charge in [0.25, 0.3) is 0 Å². The topological polar surface area (TPSA) is 64.5 Å². The summed E-state index contributed by atoms with van der Waals surface area (Å²) in [5, 5.41) is 11.3. The number of halogens is 1. The number of nitrogens with zero attached hydrogens (tertiary/aromatic N) is 4. The summed E-state index contributed by atoms with van der Waals surface area (Å²) in [6.07, 6.45) is 3.47. The molecule has 0 radical (unpaired) electrons. The highest BCUT2D eigenvalue weighted by molar-refractivity contribution is 5.62. The van der Waals surface area contributed by atoms with Gasteiger partial charge in [-0.25, -0.2) is 14.4 Å². The SMILES string of the molecule is CCCO.CCc1ccccc1Nc1cc(N2CCN(C(C)c3ccc(F)cc3)CC2)ncn1. The van der Waals surface area contributed by atoms with Crippen LogP contribution in [0.2, 0.25) is 0 Å². The maximum atomic E-state index is 13.2. The minimum absolute atomic E-state index is 0.189. The Bertz CT molecular complexity index is 1000. The molecule has 7 heteroatoms. The van der Waals surface area contributed by atoms with Crippen molar-refractivity contribution in [2.45, 2.75) is 39.7 Å². The van der Waals surface area contributed by atoms with Crippen LogP contribution in [0.4, 0.5) is 21.7 Å². The van der Waals surface area contributed by atoms with E-state index in [0.717, 1.165) is 61.9 Å². The van der Waals surface area contributed by atoms with Gasteiger partial charge in [-0.15, -0.1) is 0 Å². The third-order valence-corrected chi connectivity index (χ3v) is 6.08. The van der Waals surface area contributed by atoms with Crippen molar-refractivity contribution in [3.05, 3.63) is 77.9 Å². The van der Waals surface area contributed by atoms with Crippen molar-refractivity contribution in [2.24, 2.45) is 0 Å². The zero-order chi connectivity index (χ0) is 24.3. The Morgan fingerprint density at radius 2 is 1.68 bits per heavy atom. The molecule has 2 N–H and O–H groups in total. The Morgan fingerprint density at radius 3 is 2.32 bits per heavy atom. The number of benzene rings is 2. The Balaban J connectivity index is 0.000000751. The lowest BCUT2D eigenvalue weighted by Gasteiger charge is -2.38. The van der Waals surface area contributed by atoms with Gasteiger partial charge >= 0.3 is 0 Å². The largest absolute Gasteiger partial charge is 0.396 e. The standard InChI is InChI=1S/C24H28FN5.C3H8O/c1-3-19-6-4-5-7-22(19)28-23-16-24(27-17-26-23)30-14-12-29(13-15-30)18(2)20-8-10-21(25)11-9-20;1-2-3-4/h4-11,16-18H,3,12-15H2,1-2H3,(H,26,27,28);4H,2-3H2,1H3. The van der Waals surface area contributed by atoms with Crippen LogP contribution in [0.25, 0.3) is 0 Å². The van der Waals surface area contributed by atoms with E-state index in [9.17, 15) is 4.39 Å². The molecule has 0 aliphatic carbocycles. The monoisotopic (exact) mass is 465 g/mol. The van der Waals surface area contributed by atoms with Crippen molar-refractivity contribution < 1.29 is 9.50 Å². The lowest BCUT2D eigenvalue weighted by molar-refractivity contribution is 0.198. The van der Waals surface area contributed by atoms with Crippen LogP contribution in [0.3, 0.4) is 0 Å². The summed E-state index contributed by atoms with van der Waals surface area (Å²) < 4.78 is 13.2. The van der Waals surface area contributed by atoms with Crippen molar-refractivity contribution >= 4 is 17.3 Å². The fourth-order valence-corrected chi connectivity index (χ4v) is 3.97. The Morgan fingerprint density at radius 1 is 1.00 bits per heavy atom. The maximum absolute atomic E-state index is 13.2. The first-order valence-electron chi connectivity index (χ1n) is 12.1. The zero-order valence-electron chi connectivity index (χ0n) is 20.4. The highest BCUT2D eigenvalue weighted by Gasteiger charge is 2.23. The molecule has 2 heterocycles. The Kier molecular flexibility index (Phi) is 9.79. The molecule has 34 heavy (non-hydrogen) atoms. The first-order valence-corrected chi connectivity index (χ1v) is 12.1. The molecule has 1 saturated heterocycles. The number of hydrogen-bond acceptors (Lipinski definition) is 6. The van der Waals surface area contributed by atoms with Gasteiger partial charge in [0.05, 0.1) is 0 Å². The van der Waals surface area contributed by atoms with Gasteiger partial charge < -0.3 is 15.3 Å². The molecule has 182 valence electrons. The number of piperazine rings is 1. The van der Waals surface area contributed by atoms with Crippen LogP contribution in [-0.4, -0.2) is 52.8 Å². The summed E-state index contributed by atoms with van der Waals surface area (Å²) in [6.45, 7) is 10.2. The minimum atomic E-state index is -0.189. The summed E-state index contributed by atoms with van der Waals surface area (Å²) in [5.74, 6) is 1.56. The predicted molar refractivity (Wildman–Crippen MR) is 137 cm³/mol. The van der Waals surface area contributed by atoms with E-state index in [0.29, 0.717) is 6.61 Å². The van der Waals surface area contributed by atoms with Gasteiger partial charge in [-0.1, -0.05) is 44.2 Å². The number of aryl methyl sites for hydroxylation is 1. The molecule has 1 atom stereocenters. The van der Waals surface area contributed by atoms with Crippen LogP contribution in [0, 0.1) is 5.82 Å². The van der Waals surface area contributed by atoms with Gasteiger partial charge in [0, 0.05) is 50.6 Å². The van der Waals surface area contributed by atoms with Crippen LogP contribution in [0.5, 0.6) is 0 Å². The number of aromatic nitrogens is 2. The molecule has 0 bridgehead atoms. The third kappa shape index (κ3) is 6.98. The van der Waals surface area contributed by atoms with Crippen molar-refractivity contribution in [3.63, 3.8) is 0 Å². The molecule has 0 saturated carbocycles. The molecule has 1 fully saturated rings. The number of rotatable bonds is 7. The second kappa shape index (κ2) is 13.0. The second-order valence-electron chi connectivity index (χ2n) is 8.37.